The first-order valence-corrected chi connectivity index (χ1v) is 5.89. The number of rotatable bonds is 5. The van der Waals surface area contributed by atoms with Crippen molar-refractivity contribution in [2.45, 2.75) is 26.3 Å². The van der Waals surface area contributed by atoms with Crippen molar-refractivity contribution in [3.8, 4) is 0 Å². The maximum atomic E-state index is 13.5. The van der Waals surface area contributed by atoms with Crippen LogP contribution in [0.25, 0.3) is 0 Å². The average Bonchev–Trinajstić information content (AvgIpc) is 2.32. The quantitative estimate of drug-likeness (QED) is 0.853. The van der Waals surface area contributed by atoms with Crippen LogP contribution < -0.4 is 10.6 Å². The number of benzene rings is 1. The Bertz CT molecular complexity index is 398. The Morgan fingerprint density at radius 2 is 2.24 bits per heavy atom. The number of halogens is 2. The molecular weight excluding hydrogens is 243 g/mol. The lowest BCUT2D eigenvalue weighted by atomic mass is 10.2. The molecule has 0 aliphatic heterocycles. The molecule has 0 aliphatic carbocycles. The number of anilines is 1. The minimum Gasteiger partial charge on any atom is -0.322 e. The maximum absolute atomic E-state index is 13.5. The Balaban J connectivity index is 2.54. The molecule has 0 bridgehead atoms. The van der Waals surface area contributed by atoms with E-state index in [2.05, 4.69) is 10.6 Å². The fourth-order valence-corrected chi connectivity index (χ4v) is 1.38. The minimum absolute atomic E-state index is 0.00214. The number of carbonyl (C=O) groups is 1. The highest BCUT2D eigenvalue weighted by Crippen LogP contribution is 2.21. The molecule has 1 aromatic carbocycles. The number of carbonyl (C=O) groups excluding carboxylic acids is 1. The summed E-state index contributed by atoms with van der Waals surface area (Å²) in [5.74, 6) is -0.891. The van der Waals surface area contributed by atoms with Gasteiger partial charge in [0, 0.05) is 6.04 Å². The molecule has 1 rings (SSSR count). The molecule has 1 unspecified atom stereocenters. The molecule has 0 aliphatic rings. The van der Waals surface area contributed by atoms with E-state index in [1.54, 1.807) is 6.07 Å². The Labute approximate surface area is 105 Å². The second-order valence-corrected chi connectivity index (χ2v) is 4.25. The summed E-state index contributed by atoms with van der Waals surface area (Å²) in [7, 11) is 0. The van der Waals surface area contributed by atoms with E-state index in [0.29, 0.717) is 0 Å². The fourth-order valence-electron chi connectivity index (χ4n) is 1.21. The third-order valence-electron chi connectivity index (χ3n) is 2.45. The van der Waals surface area contributed by atoms with Gasteiger partial charge in [-0.05, 0) is 25.5 Å². The van der Waals surface area contributed by atoms with Crippen molar-refractivity contribution in [2.24, 2.45) is 0 Å². The molecule has 2 N–H and O–H groups in total. The first kappa shape index (κ1) is 13.9. The second-order valence-electron chi connectivity index (χ2n) is 3.84. The van der Waals surface area contributed by atoms with Crippen LogP contribution in [0.2, 0.25) is 5.02 Å². The van der Waals surface area contributed by atoms with Crippen LogP contribution >= 0.6 is 11.6 Å². The van der Waals surface area contributed by atoms with Gasteiger partial charge in [0.1, 0.15) is 0 Å². The average molecular weight is 259 g/mol. The van der Waals surface area contributed by atoms with Crippen molar-refractivity contribution < 1.29 is 9.18 Å². The molecule has 17 heavy (non-hydrogen) atoms. The summed E-state index contributed by atoms with van der Waals surface area (Å²) in [4.78, 5) is 11.5. The molecule has 94 valence electrons. The van der Waals surface area contributed by atoms with Crippen LogP contribution in [-0.2, 0) is 4.79 Å². The van der Waals surface area contributed by atoms with E-state index in [9.17, 15) is 9.18 Å². The van der Waals surface area contributed by atoms with E-state index in [1.807, 2.05) is 13.8 Å². The molecule has 0 fully saturated rings. The number of nitrogens with one attached hydrogen (secondary N) is 2. The standard InChI is InChI=1S/C12H16ClFN2O/c1-3-8(2)15-7-11(17)16-10-6-4-5-9(13)12(10)14/h4-6,8,15H,3,7H2,1-2H3,(H,16,17). The zero-order valence-corrected chi connectivity index (χ0v) is 10.6. The number of amides is 1. The van der Waals surface area contributed by atoms with Crippen molar-refractivity contribution >= 4 is 23.2 Å². The van der Waals surface area contributed by atoms with E-state index < -0.39 is 5.82 Å². The van der Waals surface area contributed by atoms with Crippen molar-refractivity contribution in [1.29, 1.82) is 0 Å². The lowest BCUT2D eigenvalue weighted by Gasteiger charge is -2.11. The van der Waals surface area contributed by atoms with Gasteiger partial charge in [-0.25, -0.2) is 4.39 Å². The van der Waals surface area contributed by atoms with Crippen LogP contribution in [0.5, 0.6) is 0 Å². The molecule has 1 aromatic rings. The molecule has 0 heterocycles. The van der Waals surface area contributed by atoms with Gasteiger partial charge in [0.2, 0.25) is 5.91 Å². The monoisotopic (exact) mass is 258 g/mol. The topological polar surface area (TPSA) is 41.1 Å². The van der Waals surface area contributed by atoms with Crippen LogP contribution in [0.4, 0.5) is 10.1 Å². The number of hydrogen-bond acceptors (Lipinski definition) is 2. The van der Waals surface area contributed by atoms with E-state index in [0.717, 1.165) is 6.42 Å². The van der Waals surface area contributed by atoms with Gasteiger partial charge in [0.25, 0.3) is 0 Å². The third kappa shape index (κ3) is 4.32. The summed E-state index contributed by atoms with van der Waals surface area (Å²) < 4.78 is 13.5. The van der Waals surface area contributed by atoms with Gasteiger partial charge in [0.05, 0.1) is 17.3 Å². The summed E-state index contributed by atoms with van der Waals surface area (Å²) in [5, 5.41) is 5.49. The molecular formula is C12H16ClFN2O. The summed E-state index contributed by atoms with van der Waals surface area (Å²) in [5.41, 5.74) is 0.105. The highest BCUT2D eigenvalue weighted by molar-refractivity contribution is 6.31. The van der Waals surface area contributed by atoms with Crippen molar-refractivity contribution in [1.82, 2.24) is 5.32 Å². The van der Waals surface area contributed by atoms with Crippen LogP contribution in [-0.4, -0.2) is 18.5 Å². The number of hydrogen-bond donors (Lipinski definition) is 2. The Morgan fingerprint density at radius 3 is 2.88 bits per heavy atom. The van der Waals surface area contributed by atoms with Gasteiger partial charge in [-0.2, -0.15) is 0 Å². The molecule has 3 nitrogen and oxygen atoms in total. The van der Waals surface area contributed by atoms with Gasteiger partial charge in [0.15, 0.2) is 5.82 Å². The lowest BCUT2D eigenvalue weighted by molar-refractivity contribution is -0.115. The Kier molecular flexibility index (Phi) is 5.38. The predicted octanol–water partition coefficient (Wildman–Crippen LogP) is 2.81. The maximum Gasteiger partial charge on any atom is 0.238 e. The zero-order valence-electron chi connectivity index (χ0n) is 9.89. The van der Waals surface area contributed by atoms with Gasteiger partial charge in [-0.3, -0.25) is 4.79 Å². The smallest absolute Gasteiger partial charge is 0.238 e. The van der Waals surface area contributed by atoms with Crippen LogP contribution in [0.1, 0.15) is 20.3 Å². The predicted molar refractivity (Wildman–Crippen MR) is 67.8 cm³/mol. The van der Waals surface area contributed by atoms with E-state index in [1.165, 1.54) is 12.1 Å². The lowest BCUT2D eigenvalue weighted by Crippen LogP contribution is -2.34. The summed E-state index contributed by atoms with van der Waals surface area (Å²) in [6, 6.07) is 4.75. The first-order chi connectivity index (χ1) is 8.04. The second kappa shape index (κ2) is 6.57. The van der Waals surface area contributed by atoms with Crippen LogP contribution in [0.15, 0.2) is 18.2 Å². The largest absolute Gasteiger partial charge is 0.322 e. The highest BCUT2D eigenvalue weighted by atomic mass is 35.5. The third-order valence-corrected chi connectivity index (χ3v) is 2.74. The molecule has 0 saturated carbocycles. The minimum atomic E-state index is -0.606. The first-order valence-electron chi connectivity index (χ1n) is 5.51. The summed E-state index contributed by atoms with van der Waals surface area (Å²) >= 11 is 5.61. The van der Waals surface area contributed by atoms with Gasteiger partial charge in [-0.15, -0.1) is 0 Å². The van der Waals surface area contributed by atoms with Crippen LogP contribution in [0.3, 0.4) is 0 Å². The Morgan fingerprint density at radius 1 is 1.53 bits per heavy atom. The zero-order chi connectivity index (χ0) is 12.8. The molecule has 5 heteroatoms. The van der Waals surface area contributed by atoms with Crippen LogP contribution in [0, 0.1) is 5.82 Å². The summed E-state index contributed by atoms with van der Waals surface area (Å²) in [6.45, 7) is 4.15. The SMILES string of the molecule is CCC(C)NCC(=O)Nc1cccc(Cl)c1F. The molecule has 0 saturated heterocycles. The van der Waals surface area contributed by atoms with Crippen molar-refractivity contribution in [2.75, 3.05) is 11.9 Å². The fraction of sp³-hybridized carbons (Fsp3) is 0.417. The van der Waals surface area contributed by atoms with Crippen molar-refractivity contribution in [3.63, 3.8) is 0 Å². The Hall–Kier alpha value is -1.13. The molecule has 0 spiro atoms. The molecule has 1 atom stereocenters. The van der Waals surface area contributed by atoms with E-state index >= 15 is 0 Å². The van der Waals surface area contributed by atoms with Gasteiger partial charge < -0.3 is 10.6 Å². The molecule has 1 amide bonds. The highest BCUT2D eigenvalue weighted by Gasteiger charge is 2.09. The van der Waals surface area contributed by atoms with Gasteiger partial charge >= 0.3 is 0 Å². The van der Waals surface area contributed by atoms with E-state index in [4.69, 9.17) is 11.6 Å². The van der Waals surface area contributed by atoms with E-state index in [-0.39, 0.29) is 29.2 Å². The normalized spacial score (nSPS) is 12.2. The molecule has 0 radical (unpaired) electrons. The van der Waals surface area contributed by atoms with Gasteiger partial charge in [-0.1, -0.05) is 24.6 Å². The molecule has 0 aromatic heterocycles. The summed E-state index contributed by atoms with van der Waals surface area (Å²) in [6.07, 6.45) is 0.929. The van der Waals surface area contributed by atoms with Crippen molar-refractivity contribution in [3.05, 3.63) is 29.0 Å².